The third kappa shape index (κ3) is 7.18. The van der Waals surface area contributed by atoms with Gasteiger partial charge in [0.15, 0.2) is 5.96 Å². The number of guanidine groups is 1. The van der Waals surface area contributed by atoms with Crippen molar-refractivity contribution in [1.82, 2.24) is 10.6 Å². The van der Waals surface area contributed by atoms with Crippen molar-refractivity contribution in [2.45, 2.75) is 33.2 Å². The summed E-state index contributed by atoms with van der Waals surface area (Å²) in [6.07, 6.45) is 6.58. The lowest BCUT2D eigenvalue weighted by Gasteiger charge is -2.18. The topological polar surface area (TPSA) is 48.9 Å². The van der Waals surface area contributed by atoms with E-state index >= 15 is 0 Å². The Bertz CT molecular complexity index is 548. The van der Waals surface area contributed by atoms with Crippen LogP contribution in [0.15, 0.2) is 41.4 Å². The first kappa shape index (κ1) is 19.3. The highest BCUT2D eigenvalue weighted by Gasteiger charge is 2.07. The van der Waals surface area contributed by atoms with Crippen molar-refractivity contribution < 1.29 is 4.74 Å². The summed E-state index contributed by atoms with van der Waals surface area (Å²) in [4.78, 5) is 7.07. The van der Waals surface area contributed by atoms with Crippen molar-refractivity contribution in [3.05, 3.63) is 42.0 Å². The largest absolute Gasteiger partial charge is 0.382 e. The van der Waals surface area contributed by atoms with Gasteiger partial charge in [0, 0.05) is 45.1 Å². The molecule has 0 spiro atoms. The van der Waals surface area contributed by atoms with Crippen LogP contribution in [0.1, 0.15) is 32.3 Å². The molecule has 0 fully saturated rings. The van der Waals surface area contributed by atoms with Crippen LogP contribution in [0.2, 0.25) is 0 Å². The molecule has 1 aromatic rings. The van der Waals surface area contributed by atoms with Crippen LogP contribution in [0.5, 0.6) is 0 Å². The number of hydrogen-bond donors (Lipinski definition) is 2. The predicted octanol–water partition coefficient (Wildman–Crippen LogP) is 2.93. The van der Waals surface area contributed by atoms with Gasteiger partial charge in [-0.15, -0.1) is 0 Å². The molecule has 0 unspecified atom stereocenters. The number of rotatable bonds is 10. The van der Waals surface area contributed by atoms with E-state index in [0.29, 0.717) is 6.54 Å². The van der Waals surface area contributed by atoms with Gasteiger partial charge < -0.3 is 20.3 Å². The van der Waals surface area contributed by atoms with Crippen molar-refractivity contribution in [2.24, 2.45) is 4.99 Å². The van der Waals surface area contributed by atoms with Gasteiger partial charge in [0.1, 0.15) is 0 Å². The standard InChI is InChI=1S/C20H32N4O/c1-3-21-20(22-12-5-8-15-25-4-2)23-17-18-10-9-11-19(16-18)24-13-6-7-14-24/h6-7,9-11,16H,3-5,8,12-15,17H2,1-2H3,(H2,21,22,23). The molecule has 25 heavy (non-hydrogen) atoms. The van der Waals surface area contributed by atoms with E-state index in [1.54, 1.807) is 0 Å². The molecular weight excluding hydrogens is 312 g/mol. The van der Waals surface area contributed by atoms with E-state index in [0.717, 1.165) is 58.2 Å². The number of unbranched alkanes of at least 4 members (excludes halogenated alkanes) is 1. The van der Waals surface area contributed by atoms with Crippen molar-refractivity contribution in [1.29, 1.82) is 0 Å². The molecule has 0 aromatic heterocycles. The Balaban J connectivity index is 1.82. The second-order valence-corrected chi connectivity index (χ2v) is 6.07. The summed E-state index contributed by atoms with van der Waals surface area (Å²) in [7, 11) is 0. The SMILES string of the molecule is CCNC(=NCc1cccc(N2CC=CC2)c1)NCCCCOCC. The summed E-state index contributed by atoms with van der Waals surface area (Å²) in [5.41, 5.74) is 2.50. The number of anilines is 1. The molecule has 0 aliphatic carbocycles. The van der Waals surface area contributed by atoms with Crippen LogP contribution in [0.3, 0.4) is 0 Å². The third-order valence-corrected chi connectivity index (χ3v) is 4.07. The normalized spacial score (nSPS) is 14.2. The minimum atomic E-state index is 0.684. The average molecular weight is 345 g/mol. The summed E-state index contributed by atoms with van der Waals surface area (Å²) in [6.45, 7) is 10.2. The zero-order valence-electron chi connectivity index (χ0n) is 15.6. The number of nitrogens with one attached hydrogen (secondary N) is 2. The molecule has 0 amide bonds. The quantitative estimate of drug-likeness (QED) is 0.297. The van der Waals surface area contributed by atoms with Crippen molar-refractivity contribution in [3.63, 3.8) is 0 Å². The molecule has 138 valence electrons. The van der Waals surface area contributed by atoms with E-state index in [-0.39, 0.29) is 0 Å². The second-order valence-electron chi connectivity index (χ2n) is 6.07. The molecule has 2 rings (SSSR count). The van der Waals surface area contributed by atoms with Gasteiger partial charge in [-0.05, 0) is 44.4 Å². The highest BCUT2D eigenvalue weighted by Crippen LogP contribution is 2.18. The highest BCUT2D eigenvalue weighted by atomic mass is 16.5. The van der Waals surface area contributed by atoms with Crippen LogP contribution >= 0.6 is 0 Å². The van der Waals surface area contributed by atoms with Crippen molar-refractivity contribution >= 4 is 11.6 Å². The van der Waals surface area contributed by atoms with Gasteiger partial charge in [-0.1, -0.05) is 24.3 Å². The van der Waals surface area contributed by atoms with E-state index < -0.39 is 0 Å². The van der Waals surface area contributed by atoms with E-state index in [1.807, 2.05) is 6.92 Å². The maximum atomic E-state index is 5.36. The fourth-order valence-corrected chi connectivity index (χ4v) is 2.73. The summed E-state index contributed by atoms with van der Waals surface area (Å²) in [5.74, 6) is 0.882. The highest BCUT2D eigenvalue weighted by molar-refractivity contribution is 5.79. The van der Waals surface area contributed by atoms with E-state index in [4.69, 9.17) is 9.73 Å². The minimum Gasteiger partial charge on any atom is -0.382 e. The zero-order chi connectivity index (χ0) is 17.7. The molecule has 0 radical (unpaired) electrons. The number of aliphatic imine (C=N–C) groups is 1. The first-order valence-corrected chi connectivity index (χ1v) is 9.42. The van der Waals surface area contributed by atoms with E-state index in [2.05, 4.69) is 58.9 Å². The first-order chi connectivity index (χ1) is 12.3. The lowest BCUT2D eigenvalue weighted by atomic mass is 10.2. The number of hydrogen-bond acceptors (Lipinski definition) is 3. The van der Waals surface area contributed by atoms with Crippen LogP contribution < -0.4 is 15.5 Å². The molecule has 2 N–H and O–H groups in total. The van der Waals surface area contributed by atoms with Crippen LogP contribution in [0, 0.1) is 0 Å². The Labute approximate surface area is 152 Å². The average Bonchev–Trinajstić information content (AvgIpc) is 3.17. The van der Waals surface area contributed by atoms with Crippen LogP contribution in [-0.4, -0.2) is 45.4 Å². The zero-order valence-corrected chi connectivity index (χ0v) is 15.6. The summed E-state index contributed by atoms with van der Waals surface area (Å²) < 4.78 is 5.36. The van der Waals surface area contributed by atoms with Crippen LogP contribution in [0.4, 0.5) is 5.69 Å². The summed E-state index contributed by atoms with van der Waals surface area (Å²) in [5, 5.41) is 6.71. The maximum Gasteiger partial charge on any atom is 0.191 e. The van der Waals surface area contributed by atoms with Gasteiger partial charge in [0.25, 0.3) is 0 Å². The fraction of sp³-hybridized carbons (Fsp3) is 0.550. The number of ether oxygens (including phenoxy) is 1. The van der Waals surface area contributed by atoms with Crippen LogP contribution in [-0.2, 0) is 11.3 Å². The molecule has 0 saturated carbocycles. The Morgan fingerprint density at radius 1 is 1.16 bits per heavy atom. The minimum absolute atomic E-state index is 0.684. The molecule has 1 aromatic carbocycles. The monoisotopic (exact) mass is 344 g/mol. The van der Waals surface area contributed by atoms with E-state index in [9.17, 15) is 0 Å². The molecule has 0 bridgehead atoms. The van der Waals surface area contributed by atoms with Crippen molar-refractivity contribution in [2.75, 3.05) is 44.3 Å². The fourth-order valence-electron chi connectivity index (χ4n) is 2.73. The molecule has 1 aliphatic heterocycles. The van der Waals surface area contributed by atoms with E-state index in [1.165, 1.54) is 11.3 Å². The maximum absolute atomic E-state index is 5.36. The molecule has 5 nitrogen and oxygen atoms in total. The van der Waals surface area contributed by atoms with Crippen molar-refractivity contribution in [3.8, 4) is 0 Å². The Hall–Kier alpha value is -2.01. The Morgan fingerprint density at radius 2 is 2.00 bits per heavy atom. The van der Waals surface area contributed by atoms with Gasteiger partial charge in [0.05, 0.1) is 6.54 Å². The van der Waals surface area contributed by atoms with Gasteiger partial charge in [-0.3, -0.25) is 0 Å². The first-order valence-electron chi connectivity index (χ1n) is 9.42. The lowest BCUT2D eigenvalue weighted by molar-refractivity contribution is 0.143. The summed E-state index contributed by atoms with van der Waals surface area (Å²) in [6, 6.07) is 8.67. The second kappa shape index (κ2) is 11.5. The summed E-state index contributed by atoms with van der Waals surface area (Å²) >= 11 is 0. The van der Waals surface area contributed by atoms with Gasteiger partial charge >= 0.3 is 0 Å². The molecule has 0 atom stereocenters. The molecule has 1 aliphatic rings. The van der Waals surface area contributed by atoms with Crippen LogP contribution in [0.25, 0.3) is 0 Å². The van der Waals surface area contributed by atoms with Gasteiger partial charge in [0.2, 0.25) is 0 Å². The molecule has 5 heteroatoms. The third-order valence-electron chi connectivity index (χ3n) is 4.07. The predicted molar refractivity (Wildman–Crippen MR) is 106 cm³/mol. The molecule has 0 saturated heterocycles. The Morgan fingerprint density at radius 3 is 2.76 bits per heavy atom. The van der Waals surface area contributed by atoms with Gasteiger partial charge in [-0.25, -0.2) is 4.99 Å². The smallest absolute Gasteiger partial charge is 0.191 e. The number of nitrogens with zero attached hydrogens (tertiary/aromatic N) is 2. The van der Waals surface area contributed by atoms with Gasteiger partial charge in [-0.2, -0.15) is 0 Å². The molecular formula is C20H32N4O. The number of benzene rings is 1. The molecule has 1 heterocycles. The lowest BCUT2D eigenvalue weighted by Crippen LogP contribution is -2.37. The Kier molecular flexibility index (Phi) is 8.91.